The summed E-state index contributed by atoms with van der Waals surface area (Å²) in [7, 11) is 1.82. The van der Waals surface area contributed by atoms with Gasteiger partial charge in [0.1, 0.15) is 0 Å². The maximum Gasteiger partial charge on any atom is 0.191 e. The second-order valence-electron chi connectivity index (χ2n) is 5.94. The van der Waals surface area contributed by atoms with E-state index in [1.165, 1.54) is 19.3 Å². The van der Waals surface area contributed by atoms with E-state index in [0.29, 0.717) is 6.04 Å². The summed E-state index contributed by atoms with van der Waals surface area (Å²) in [6, 6.07) is 6.46. The highest BCUT2D eigenvalue weighted by Crippen LogP contribution is 2.08. The van der Waals surface area contributed by atoms with Crippen LogP contribution in [-0.4, -0.2) is 30.6 Å². The molecule has 2 N–H and O–H groups in total. The van der Waals surface area contributed by atoms with Gasteiger partial charge in [0.05, 0.1) is 0 Å². The molecule has 1 atom stereocenters. The first-order valence-corrected chi connectivity index (χ1v) is 7.99. The summed E-state index contributed by atoms with van der Waals surface area (Å²) in [4.78, 5) is 8.60. The largest absolute Gasteiger partial charge is 0.356 e. The monoisotopic (exact) mass is 290 g/mol. The molecule has 1 rings (SSSR count). The van der Waals surface area contributed by atoms with Crippen LogP contribution in [0.2, 0.25) is 0 Å². The van der Waals surface area contributed by atoms with Gasteiger partial charge in [0.2, 0.25) is 0 Å². The molecule has 0 aromatic carbocycles. The van der Waals surface area contributed by atoms with Crippen LogP contribution in [0.15, 0.2) is 29.4 Å². The molecule has 4 nitrogen and oxygen atoms in total. The number of guanidine groups is 1. The highest BCUT2D eigenvalue weighted by molar-refractivity contribution is 5.79. The number of pyridine rings is 1. The highest BCUT2D eigenvalue weighted by atomic mass is 15.2. The van der Waals surface area contributed by atoms with Crippen molar-refractivity contribution in [2.45, 2.75) is 52.5 Å². The summed E-state index contributed by atoms with van der Waals surface area (Å²) in [5.41, 5.74) is 1.10. The van der Waals surface area contributed by atoms with E-state index in [2.05, 4.69) is 41.4 Å². The standard InChI is InChI=1S/C17H30N4/c1-14(2)8-7-9-15(3)21-17(18-4)20-13-11-16-10-5-6-12-19-16/h5-6,10,12,14-15H,7-9,11,13H2,1-4H3,(H2,18,20,21). The summed E-state index contributed by atoms with van der Waals surface area (Å²) >= 11 is 0. The molecule has 0 spiro atoms. The van der Waals surface area contributed by atoms with Gasteiger partial charge in [-0.1, -0.05) is 32.8 Å². The van der Waals surface area contributed by atoms with Crippen molar-refractivity contribution >= 4 is 5.96 Å². The predicted molar refractivity (Wildman–Crippen MR) is 90.6 cm³/mol. The van der Waals surface area contributed by atoms with Crippen molar-refractivity contribution in [3.05, 3.63) is 30.1 Å². The fourth-order valence-corrected chi connectivity index (χ4v) is 2.19. The van der Waals surface area contributed by atoms with E-state index in [1.54, 1.807) is 0 Å². The molecule has 4 heteroatoms. The Balaban J connectivity index is 2.22. The Hall–Kier alpha value is -1.58. The molecule has 118 valence electrons. The third kappa shape index (κ3) is 8.33. The molecule has 0 bridgehead atoms. The molecule has 1 aromatic heterocycles. The quantitative estimate of drug-likeness (QED) is 0.571. The fraction of sp³-hybridized carbons (Fsp3) is 0.647. The lowest BCUT2D eigenvalue weighted by atomic mass is 10.0. The smallest absolute Gasteiger partial charge is 0.191 e. The number of hydrogen-bond acceptors (Lipinski definition) is 2. The number of rotatable bonds is 8. The average molecular weight is 290 g/mol. The Morgan fingerprint density at radius 3 is 2.67 bits per heavy atom. The van der Waals surface area contributed by atoms with E-state index in [-0.39, 0.29) is 0 Å². The van der Waals surface area contributed by atoms with Crippen LogP contribution in [0, 0.1) is 5.92 Å². The summed E-state index contributed by atoms with van der Waals surface area (Å²) in [5, 5.41) is 6.79. The zero-order valence-corrected chi connectivity index (χ0v) is 13.9. The van der Waals surface area contributed by atoms with Crippen molar-refractivity contribution in [3.63, 3.8) is 0 Å². The molecular weight excluding hydrogens is 260 g/mol. The van der Waals surface area contributed by atoms with Gasteiger partial charge in [0, 0.05) is 37.9 Å². The lowest BCUT2D eigenvalue weighted by Crippen LogP contribution is -2.42. The van der Waals surface area contributed by atoms with Crippen LogP contribution in [0.5, 0.6) is 0 Å². The second kappa shape index (κ2) is 10.2. The van der Waals surface area contributed by atoms with Gasteiger partial charge < -0.3 is 10.6 Å². The number of nitrogens with zero attached hydrogens (tertiary/aromatic N) is 2. The molecule has 21 heavy (non-hydrogen) atoms. The van der Waals surface area contributed by atoms with Gasteiger partial charge >= 0.3 is 0 Å². The van der Waals surface area contributed by atoms with Crippen LogP contribution in [0.25, 0.3) is 0 Å². The van der Waals surface area contributed by atoms with Gasteiger partial charge in [0.25, 0.3) is 0 Å². The van der Waals surface area contributed by atoms with Crippen molar-refractivity contribution in [3.8, 4) is 0 Å². The van der Waals surface area contributed by atoms with E-state index in [9.17, 15) is 0 Å². The minimum Gasteiger partial charge on any atom is -0.356 e. The van der Waals surface area contributed by atoms with Crippen molar-refractivity contribution in [2.75, 3.05) is 13.6 Å². The first kappa shape index (κ1) is 17.5. The molecule has 1 aromatic rings. The van der Waals surface area contributed by atoms with Crippen LogP contribution < -0.4 is 10.6 Å². The van der Waals surface area contributed by atoms with Gasteiger partial charge in [-0.3, -0.25) is 9.98 Å². The minimum atomic E-state index is 0.449. The molecule has 0 radical (unpaired) electrons. The number of nitrogens with one attached hydrogen (secondary N) is 2. The van der Waals surface area contributed by atoms with Crippen LogP contribution in [0.3, 0.4) is 0 Å². The van der Waals surface area contributed by atoms with Gasteiger partial charge in [0.15, 0.2) is 5.96 Å². The van der Waals surface area contributed by atoms with Gasteiger partial charge in [-0.05, 0) is 31.4 Å². The molecule has 0 fully saturated rings. The Kier molecular flexibility index (Phi) is 8.48. The zero-order chi connectivity index (χ0) is 15.5. The highest BCUT2D eigenvalue weighted by Gasteiger charge is 2.05. The summed E-state index contributed by atoms with van der Waals surface area (Å²) < 4.78 is 0. The average Bonchev–Trinajstić information content (AvgIpc) is 2.47. The van der Waals surface area contributed by atoms with Crippen molar-refractivity contribution in [1.82, 2.24) is 15.6 Å². The second-order valence-corrected chi connectivity index (χ2v) is 5.94. The molecule has 0 saturated carbocycles. The minimum absolute atomic E-state index is 0.449. The van der Waals surface area contributed by atoms with Crippen molar-refractivity contribution < 1.29 is 0 Å². The first-order valence-electron chi connectivity index (χ1n) is 7.99. The molecule has 0 saturated heterocycles. The van der Waals surface area contributed by atoms with E-state index >= 15 is 0 Å². The lowest BCUT2D eigenvalue weighted by molar-refractivity contribution is 0.491. The molecule has 0 aliphatic carbocycles. The molecule has 1 heterocycles. The summed E-state index contributed by atoms with van der Waals surface area (Å²) in [5.74, 6) is 1.66. The van der Waals surface area contributed by atoms with Crippen molar-refractivity contribution in [2.24, 2.45) is 10.9 Å². The number of aliphatic imine (C=N–C) groups is 1. The maximum absolute atomic E-state index is 4.32. The number of hydrogen-bond donors (Lipinski definition) is 2. The molecule has 1 unspecified atom stereocenters. The lowest BCUT2D eigenvalue weighted by Gasteiger charge is -2.18. The Morgan fingerprint density at radius 1 is 1.24 bits per heavy atom. The van der Waals surface area contributed by atoms with E-state index in [4.69, 9.17) is 0 Å². The summed E-state index contributed by atoms with van der Waals surface area (Å²) in [6.45, 7) is 7.60. The topological polar surface area (TPSA) is 49.3 Å². The Morgan fingerprint density at radius 2 is 2.05 bits per heavy atom. The number of aromatic nitrogens is 1. The van der Waals surface area contributed by atoms with Gasteiger partial charge in [-0.2, -0.15) is 0 Å². The Labute approximate surface area is 129 Å². The molecule has 0 aliphatic heterocycles. The molecule has 0 aliphatic rings. The molecular formula is C17H30N4. The fourth-order valence-electron chi connectivity index (χ4n) is 2.19. The zero-order valence-electron chi connectivity index (χ0n) is 13.9. The van der Waals surface area contributed by atoms with Crippen LogP contribution in [0.4, 0.5) is 0 Å². The first-order chi connectivity index (χ1) is 10.1. The van der Waals surface area contributed by atoms with Crippen LogP contribution in [0.1, 0.15) is 45.7 Å². The maximum atomic E-state index is 4.32. The third-order valence-corrected chi connectivity index (χ3v) is 3.43. The SMILES string of the molecule is CN=C(NCCc1ccccn1)NC(C)CCCC(C)C. The van der Waals surface area contributed by atoms with Crippen molar-refractivity contribution in [1.29, 1.82) is 0 Å². The normalized spacial score (nSPS) is 13.3. The Bertz CT molecular complexity index is 401. The van der Waals surface area contributed by atoms with Gasteiger partial charge in [-0.15, -0.1) is 0 Å². The van der Waals surface area contributed by atoms with Crippen LogP contribution >= 0.6 is 0 Å². The van der Waals surface area contributed by atoms with E-state index in [0.717, 1.165) is 30.5 Å². The predicted octanol–water partition coefficient (Wildman–Crippen LogP) is 3.00. The molecule has 0 amide bonds. The van der Waals surface area contributed by atoms with E-state index in [1.807, 2.05) is 31.4 Å². The van der Waals surface area contributed by atoms with Crippen LogP contribution in [-0.2, 0) is 6.42 Å². The van der Waals surface area contributed by atoms with E-state index < -0.39 is 0 Å². The van der Waals surface area contributed by atoms with Gasteiger partial charge in [-0.25, -0.2) is 0 Å². The summed E-state index contributed by atoms with van der Waals surface area (Å²) in [6.07, 6.45) is 6.47. The third-order valence-electron chi connectivity index (χ3n) is 3.43.